The van der Waals surface area contributed by atoms with Gasteiger partial charge in [0.05, 0.1) is 13.2 Å². The molecule has 0 spiro atoms. The minimum Gasteiger partial charge on any atom is -0.379 e. The van der Waals surface area contributed by atoms with Gasteiger partial charge in [-0.1, -0.05) is 13.3 Å². The molecule has 1 aliphatic rings. The number of morpholine rings is 1. The van der Waals surface area contributed by atoms with Crippen molar-refractivity contribution in [2.24, 2.45) is 0 Å². The molecule has 0 unspecified atom stereocenters. The highest BCUT2D eigenvalue weighted by Crippen LogP contribution is 2.06. The van der Waals surface area contributed by atoms with Gasteiger partial charge in [-0.3, -0.25) is 4.90 Å². The molecule has 0 radical (unpaired) electrons. The first-order chi connectivity index (χ1) is 8.90. The summed E-state index contributed by atoms with van der Waals surface area (Å²) in [5.41, 5.74) is 0. The predicted octanol–water partition coefficient (Wildman–Crippen LogP) is 1.43. The highest BCUT2D eigenvalue weighted by molar-refractivity contribution is 5.25. The monoisotopic (exact) mass is 252 g/mol. The summed E-state index contributed by atoms with van der Waals surface area (Å²) in [6, 6.07) is 0. The number of aromatic nitrogens is 2. The number of unbranched alkanes of at least 4 members (excludes halogenated alkanes) is 1. The van der Waals surface area contributed by atoms with E-state index in [1.807, 2.05) is 12.4 Å². The quantitative estimate of drug-likeness (QED) is 0.797. The molecule has 0 saturated carbocycles. The zero-order chi connectivity index (χ0) is 12.6. The third kappa shape index (κ3) is 3.99. The maximum Gasteiger partial charge on any atom is 0.202 e. The molecule has 0 aliphatic carbocycles. The highest BCUT2D eigenvalue weighted by Gasteiger charge is 2.09. The van der Waals surface area contributed by atoms with E-state index in [-0.39, 0.29) is 0 Å². The minimum absolute atomic E-state index is 0.866. The molecule has 0 atom stereocenters. The second kappa shape index (κ2) is 7.38. The molecule has 102 valence electrons. The molecular weight excluding hydrogens is 228 g/mol. The number of anilines is 1. The number of ether oxygens (including phenoxy) is 1. The number of imidazole rings is 1. The van der Waals surface area contributed by atoms with Crippen LogP contribution in [0.25, 0.3) is 0 Å². The lowest BCUT2D eigenvalue weighted by molar-refractivity contribution is 0.0398. The molecule has 1 N–H and O–H groups in total. The van der Waals surface area contributed by atoms with Crippen LogP contribution in [0.4, 0.5) is 5.95 Å². The number of rotatable bonds is 7. The fourth-order valence-corrected chi connectivity index (χ4v) is 2.14. The van der Waals surface area contributed by atoms with E-state index in [9.17, 15) is 0 Å². The lowest BCUT2D eigenvalue weighted by atomic mass is 10.3. The van der Waals surface area contributed by atoms with Gasteiger partial charge in [0, 0.05) is 45.1 Å². The van der Waals surface area contributed by atoms with Crippen LogP contribution < -0.4 is 5.32 Å². The summed E-state index contributed by atoms with van der Waals surface area (Å²) in [5.74, 6) is 0.997. The van der Waals surface area contributed by atoms with Crippen molar-refractivity contribution < 1.29 is 4.74 Å². The van der Waals surface area contributed by atoms with Crippen LogP contribution in [0.15, 0.2) is 12.4 Å². The van der Waals surface area contributed by atoms with E-state index < -0.39 is 0 Å². The highest BCUT2D eigenvalue weighted by atomic mass is 16.5. The standard InChI is InChI=1S/C13H24N4O/c1-2-3-6-17-8-5-15-13(17)14-4-7-16-9-11-18-12-10-16/h5,8H,2-4,6-7,9-12H2,1H3,(H,14,15). The Hall–Kier alpha value is -1.07. The third-order valence-electron chi connectivity index (χ3n) is 3.28. The Morgan fingerprint density at radius 3 is 2.94 bits per heavy atom. The first kappa shape index (κ1) is 13.4. The van der Waals surface area contributed by atoms with Crippen molar-refractivity contribution in [1.29, 1.82) is 0 Å². The summed E-state index contributed by atoms with van der Waals surface area (Å²) < 4.78 is 7.53. The molecule has 1 aromatic rings. The van der Waals surface area contributed by atoms with Crippen molar-refractivity contribution in [1.82, 2.24) is 14.5 Å². The number of aryl methyl sites for hydroxylation is 1. The van der Waals surface area contributed by atoms with Crippen molar-refractivity contribution in [2.45, 2.75) is 26.3 Å². The maximum atomic E-state index is 5.34. The summed E-state index contributed by atoms with van der Waals surface area (Å²) in [6.07, 6.45) is 6.33. The molecule has 1 saturated heterocycles. The van der Waals surface area contributed by atoms with Crippen molar-refractivity contribution in [3.8, 4) is 0 Å². The first-order valence-electron chi connectivity index (χ1n) is 6.95. The molecule has 2 heterocycles. The Kier molecular flexibility index (Phi) is 5.48. The van der Waals surface area contributed by atoms with Crippen molar-refractivity contribution in [2.75, 3.05) is 44.7 Å². The van der Waals surface area contributed by atoms with E-state index in [0.29, 0.717) is 0 Å². The lowest BCUT2D eigenvalue weighted by Gasteiger charge is -2.26. The number of hydrogen-bond donors (Lipinski definition) is 1. The van der Waals surface area contributed by atoms with Crippen LogP contribution in [0.3, 0.4) is 0 Å². The third-order valence-corrected chi connectivity index (χ3v) is 3.28. The van der Waals surface area contributed by atoms with E-state index in [1.54, 1.807) is 0 Å². The van der Waals surface area contributed by atoms with Gasteiger partial charge in [0.1, 0.15) is 0 Å². The van der Waals surface area contributed by atoms with Crippen molar-refractivity contribution in [3.05, 3.63) is 12.4 Å². The summed E-state index contributed by atoms with van der Waals surface area (Å²) >= 11 is 0. The van der Waals surface area contributed by atoms with Gasteiger partial charge in [0.2, 0.25) is 5.95 Å². The topological polar surface area (TPSA) is 42.3 Å². The summed E-state index contributed by atoms with van der Waals surface area (Å²) in [4.78, 5) is 6.79. The van der Waals surface area contributed by atoms with Crippen molar-refractivity contribution in [3.63, 3.8) is 0 Å². The second-order valence-electron chi connectivity index (χ2n) is 4.68. The van der Waals surface area contributed by atoms with Crippen LogP contribution in [-0.2, 0) is 11.3 Å². The van der Waals surface area contributed by atoms with E-state index in [2.05, 4.69) is 26.7 Å². The molecule has 2 rings (SSSR count). The first-order valence-corrected chi connectivity index (χ1v) is 6.95. The fourth-order valence-electron chi connectivity index (χ4n) is 2.14. The van der Waals surface area contributed by atoms with E-state index >= 15 is 0 Å². The largest absolute Gasteiger partial charge is 0.379 e. The van der Waals surface area contributed by atoms with Crippen LogP contribution >= 0.6 is 0 Å². The van der Waals surface area contributed by atoms with Crippen LogP contribution in [0.5, 0.6) is 0 Å². The number of hydrogen-bond acceptors (Lipinski definition) is 4. The summed E-state index contributed by atoms with van der Waals surface area (Å²) in [6.45, 7) is 9.10. The zero-order valence-corrected chi connectivity index (χ0v) is 11.3. The molecular formula is C13H24N4O. The SMILES string of the molecule is CCCCn1ccnc1NCCN1CCOCC1. The van der Waals surface area contributed by atoms with Crippen molar-refractivity contribution >= 4 is 5.95 Å². The van der Waals surface area contributed by atoms with Gasteiger partial charge in [-0.2, -0.15) is 0 Å². The van der Waals surface area contributed by atoms with E-state index in [1.165, 1.54) is 12.8 Å². The molecule has 18 heavy (non-hydrogen) atoms. The Bertz CT molecular complexity index is 333. The van der Waals surface area contributed by atoms with Gasteiger partial charge in [-0.05, 0) is 6.42 Å². The van der Waals surface area contributed by atoms with Gasteiger partial charge in [-0.15, -0.1) is 0 Å². The number of nitrogens with zero attached hydrogens (tertiary/aromatic N) is 3. The molecule has 5 heteroatoms. The molecule has 1 aromatic heterocycles. The molecule has 0 amide bonds. The van der Waals surface area contributed by atoms with Gasteiger partial charge < -0.3 is 14.6 Å². The van der Waals surface area contributed by atoms with E-state index in [0.717, 1.165) is 51.9 Å². The average Bonchev–Trinajstić information content (AvgIpc) is 2.85. The predicted molar refractivity (Wildman–Crippen MR) is 72.9 cm³/mol. The van der Waals surface area contributed by atoms with Gasteiger partial charge >= 0.3 is 0 Å². The minimum atomic E-state index is 0.866. The van der Waals surface area contributed by atoms with E-state index in [4.69, 9.17) is 4.74 Å². The summed E-state index contributed by atoms with van der Waals surface area (Å²) in [5, 5.41) is 3.42. The molecule has 1 fully saturated rings. The molecule has 5 nitrogen and oxygen atoms in total. The normalized spacial score (nSPS) is 16.9. The Labute approximate surface area is 109 Å². The number of nitrogens with one attached hydrogen (secondary N) is 1. The Balaban J connectivity index is 1.70. The van der Waals surface area contributed by atoms with Crippen LogP contribution in [0, 0.1) is 0 Å². The van der Waals surface area contributed by atoms with Crippen LogP contribution in [0.1, 0.15) is 19.8 Å². The fraction of sp³-hybridized carbons (Fsp3) is 0.769. The Morgan fingerprint density at radius 2 is 2.17 bits per heavy atom. The van der Waals surface area contributed by atoms with Crippen LogP contribution in [0.2, 0.25) is 0 Å². The van der Waals surface area contributed by atoms with Gasteiger partial charge in [0.25, 0.3) is 0 Å². The van der Waals surface area contributed by atoms with Gasteiger partial charge in [-0.25, -0.2) is 4.98 Å². The van der Waals surface area contributed by atoms with Gasteiger partial charge in [0.15, 0.2) is 0 Å². The summed E-state index contributed by atoms with van der Waals surface area (Å²) in [7, 11) is 0. The Morgan fingerprint density at radius 1 is 1.33 bits per heavy atom. The molecule has 0 bridgehead atoms. The second-order valence-corrected chi connectivity index (χ2v) is 4.68. The maximum absolute atomic E-state index is 5.34. The smallest absolute Gasteiger partial charge is 0.202 e. The molecule has 1 aliphatic heterocycles. The van der Waals surface area contributed by atoms with Crippen LogP contribution in [-0.4, -0.2) is 53.8 Å². The average molecular weight is 252 g/mol. The lowest BCUT2D eigenvalue weighted by Crippen LogP contribution is -2.39. The molecule has 0 aromatic carbocycles. The zero-order valence-electron chi connectivity index (χ0n) is 11.3.